The van der Waals surface area contributed by atoms with Crippen molar-refractivity contribution >= 4 is 5.96 Å². The van der Waals surface area contributed by atoms with Crippen LogP contribution in [-0.2, 0) is 13.1 Å². The molecule has 0 radical (unpaired) electrons. The van der Waals surface area contributed by atoms with Gasteiger partial charge in [-0.1, -0.05) is 30.3 Å². The Morgan fingerprint density at radius 1 is 1.29 bits per heavy atom. The van der Waals surface area contributed by atoms with Gasteiger partial charge in [-0.2, -0.15) is 5.10 Å². The first-order valence-electron chi connectivity index (χ1n) is 6.93. The molecule has 2 aromatic rings. The van der Waals surface area contributed by atoms with E-state index < -0.39 is 0 Å². The van der Waals surface area contributed by atoms with Gasteiger partial charge in [-0.05, 0) is 17.2 Å². The Morgan fingerprint density at radius 3 is 2.76 bits per heavy atom. The number of rotatable bonds is 6. The van der Waals surface area contributed by atoms with Crippen LogP contribution in [0.2, 0.25) is 0 Å². The van der Waals surface area contributed by atoms with E-state index in [1.165, 1.54) is 11.1 Å². The summed E-state index contributed by atoms with van der Waals surface area (Å²) in [6, 6.07) is 10.3. The molecular weight excluding hydrogens is 262 g/mol. The molecule has 0 atom stereocenters. The molecule has 5 heteroatoms. The molecule has 0 amide bonds. The minimum atomic E-state index is 0.689. The number of nitrogens with one attached hydrogen (secondary N) is 2. The molecule has 5 nitrogen and oxygen atoms in total. The van der Waals surface area contributed by atoms with Crippen LogP contribution < -0.4 is 10.6 Å². The number of nitrogens with zero attached hydrogens (tertiary/aromatic N) is 3. The zero-order valence-corrected chi connectivity index (χ0v) is 12.3. The van der Waals surface area contributed by atoms with Gasteiger partial charge in [-0.25, -0.2) is 0 Å². The van der Waals surface area contributed by atoms with Crippen molar-refractivity contribution in [2.75, 3.05) is 13.6 Å². The highest BCUT2D eigenvalue weighted by atomic mass is 15.3. The van der Waals surface area contributed by atoms with Gasteiger partial charge in [0.1, 0.15) is 0 Å². The van der Waals surface area contributed by atoms with Crippen LogP contribution in [-0.4, -0.2) is 29.3 Å². The van der Waals surface area contributed by atoms with Crippen LogP contribution in [0.3, 0.4) is 0 Å². The molecule has 0 saturated carbocycles. The maximum Gasteiger partial charge on any atom is 0.191 e. The number of guanidine groups is 1. The van der Waals surface area contributed by atoms with E-state index >= 15 is 0 Å². The number of benzene rings is 1. The SMILES string of the molecule is C=CCNC(=NC)NCc1ccccc1Cn1cccn1. The molecule has 1 aromatic heterocycles. The third-order valence-electron chi connectivity index (χ3n) is 3.09. The molecule has 0 unspecified atom stereocenters. The van der Waals surface area contributed by atoms with Gasteiger partial charge in [-0.15, -0.1) is 6.58 Å². The first kappa shape index (κ1) is 14.8. The van der Waals surface area contributed by atoms with Crippen LogP contribution in [0.5, 0.6) is 0 Å². The van der Waals surface area contributed by atoms with E-state index in [0.29, 0.717) is 13.1 Å². The van der Waals surface area contributed by atoms with E-state index in [2.05, 4.69) is 39.4 Å². The summed E-state index contributed by atoms with van der Waals surface area (Å²) >= 11 is 0. The summed E-state index contributed by atoms with van der Waals surface area (Å²) in [5, 5.41) is 10.7. The molecule has 0 aliphatic heterocycles. The second-order valence-corrected chi connectivity index (χ2v) is 4.57. The van der Waals surface area contributed by atoms with E-state index in [9.17, 15) is 0 Å². The molecule has 0 spiro atoms. The van der Waals surface area contributed by atoms with Gasteiger partial charge in [0.15, 0.2) is 5.96 Å². The highest BCUT2D eigenvalue weighted by Gasteiger charge is 2.04. The predicted octanol–water partition coefficient (Wildman–Crippen LogP) is 1.78. The Morgan fingerprint density at radius 2 is 2.10 bits per heavy atom. The van der Waals surface area contributed by atoms with Gasteiger partial charge in [0.2, 0.25) is 0 Å². The lowest BCUT2D eigenvalue weighted by atomic mass is 10.1. The zero-order valence-electron chi connectivity index (χ0n) is 12.3. The van der Waals surface area contributed by atoms with Gasteiger partial charge in [0.25, 0.3) is 0 Å². The molecule has 0 aliphatic carbocycles. The van der Waals surface area contributed by atoms with E-state index in [1.54, 1.807) is 19.3 Å². The third kappa shape index (κ3) is 4.49. The molecule has 1 aromatic carbocycles. The van der Waals surface area contributed by atoms with E-state index in [1.807, 2.05) is 29.1 Å². The maximum absolute atomic E-state index is 4.25. The van der Waals surface area contributed by atoms with Crippen LogP contribution >= 0.6 is 0 Å². The number of aromatic nitrogens is 2. The smallest absolute Gasteiger partial charge is 0.191 e. The monoisotopic (exact) mass is 283 g/mol. The second kappa shape index (κ2) is 7.89. The average Bonchev–Trinajstić information content (AvgIpc) is 3.02. The van der Waals surface area contributed by atoms with Crippen molar-refractivity contribution in [3.05, 3.63) is 66.5 Å². The van der Waals surface area contributed by atoms with E-state index in [-0.39, 0.29) is 0 Å². The topological polar surface area (TPSA) is 54.2 Å². The lowest BCUT2D eigenvalue weighted by Crippen LogP contribution is -2.37. The second-order valence-electron chi connectivity index (χ2n) is 4.57. The fourth-order valence-corrected chi connectivity index (χ4v) is 2.02. The number of aliphatic imine (C=N–C) groups is 1. The van der Waals surface area contributed by atoms with Crippen molar-refractivity contribution in [1.82, 2.24) is 20.4 Å². The molecule has 0 fully saturated rings. The summed E-state index contributed by atoms with van der Waals surface area (Å²) in [7, 11) is 1.76. The van der Waals surface area contributed by atoms with E-state index in [0.717, 1.165) is 12.5 Å². The van der Waals surface area contributed by atoms with Crippen LogP contribution in [0.4, 0.5) is 0 Å². The Balaban J connectivity index is 2.01. The standard InChI is InChI=1S/C16H21N5/c1-3-9-18-16(17-2)19-12-14-7-4-5-8-15(14)13-21-11-6-10-20-21/h3-8,10-11H,1,9,12-13H2,2H3,(H2,17,18,19). The van der Waals surface area contributed by atoms with Crippen LogP contribution in [0.1, 0.15) is 11.1 Å². The van der Waals surface area contributed by atoms with Gasteiger partial charge >= 0.3 is 0 Å². The average molecular weight is 283 g/mol. The minimum Gasteiger partial charge on any atom is -0.353 e. The fraction of sp³-hybridized carbons (Fsp3) is 0.250. The van der Waals surface area contributed by atoms with E-state index in [4.69, 9.17) is 0 Å². The first-order chi connectivity index (χ1) is 10.3. The Hall–Kier alpha value is -2.56. The molecule has 0 saturated heterocycles. The van der Waals surface area contributed by atoms with Crippen molar-refractivity contribution in [2.24, 2.45) is 4.99 Å². The molecule has 1 heterocycles. The lowest BCUT2D eigenvalue weighted by molar-refractivity contribution is 0.678. The molecule has 0 aliphatic rings. The van der Waals surface area contributed by atoms with Crippen molar-refractivity contribution in [2.45, 2.75) is 13.1 Å². The predicted molar refractivity (Wildman–Crippen MR) is 86.2 cm³/mol. The summed E-state index contributed by atoms with van der Waals surface area (Å²) in [5.41, 5.74) is 2.47. The zero-order chi connectivity index (χ0) is 14.9. The summed E-state index contributed by atoms with van der Waals surface area (Å²) in [6.07, 6.45) is 5.56. The summed E-state index contributed by atoms with van der Waals surface area (Å²) < 4.78 is 1.92. The Labute approximate surface area is 125 Å². The van der Waals surface area contributed by atoms with Crippen LogP contribution in [0, 0.1) is 0 Å². The quantitative estimate of drug-likeness (QED) is 0.483. The fourth-order valence-electron chi connectivity index (χ4n) is 2.02. The first-order valence-corrected chi connectivity index (χ1v) is 6.93. The van der Waals surface area contributed by atoms with Crippen LogP contribution in [0.25, 0.3) is 0 Å². The van der Waals surface area contributed by atoms with Gasteiger partial charge < -0.3 is 10.6 Å². The van der Waals surface area contributed by atoms with Crippen LogP contribution in [0.15, 0.2) is 60.4 Å². The lowest BCUT2D eigenvalue weighted by Gasteiger charge is -2.13. The van der Waals surface area contributed by atoms with Gasteiger partial charge in [0.05, 0.1) is 6.54 Å². The summed E-state index contributed by atoms with van der Waals surface area (Å²) in [5.74, 6) is 0.767. The molecule has 2 rings (SSSR count). The normalized spacial score (nSPS) is 11.2. The van der Waals surface area contributed by atoms with Gasteiger partial charge in [-0.3, -0.25) is 9.67 Å². The molecular formula is C16H21N5. The number of hydrogen-bond donors (Lipinski definition) is 2. The summed E-state index contributed by atoms with van der Waals surface area (Å²) in [6.45, 7) is 5.86. The van der Waals surface area contributed by atoms with Gasteiger partial charge in [0, 0.05) is 32.5 Å². The van der Waals surface area contributed by atoms with Crippen molar-refractivity contribution < 1.29 is 0 Å². The minimum absolute atomic E-state index is 0.689. The summed E-state index contributed by atoms with van der Waals surface area (Å²) in [4.78, 5) is 4.18. The molecule has 0 bridgehead atoms. The van der Waals surface area contributed by atoms with Crippen molar-refractivity contribution in [1.29, 1.82) is 0 Å². The van der Waals surface area contributed by atoms with Crippen molar-refractivity contribution in [3.63, 3.8) is 0 Å². The largest absolute Gasteiger partial charge is 0.353 e. The third-order valence-corrected chi connectivity index (χ3v) is 3.09. The molecule has 2 N–H and O–H groups in total. The molecule has 21 heavy (non-hydrogen) atoms. The number of hydrogen-bond acceptors (Lipinski definition) is 2. The van der Waals surface area contributed by atoms with Crippen molar-refractivity contribution in [3.8, 4) is 0 Å². The molecule has 110 valence electrons. The Kier molecular flexibility index (Phi) is 5.58. The maximum atomic E-state index is 4.25. The highest BCUT2D eigenvalue weighted by molar-refractivity contribution is 5.79. The highest BCUT2D eigenvalue weighted by Crippen LogP contribution is 2.10. The Bertz CT molecular complexity index is 586.